The van der Waals surface area contributed by atoms with E-state index in [9.17, 15) is 0 Å². The molecule has 0 radical (unpaired) electrons. The minimum Gasteiger partial charge on any atom is -0.497 e. The number of nitrogens with one attached hydrogen (secondary N) is 2. The first kappa shape index (κ1) is 24.8. The van der Waals surface area contributed by atoms with Gasteiger partial charge >= 0.3 is 0 Å². The van der Waals surface area contributed by atoms with Crippen molar-refractivity contribution in [2.75, 3.05) is 14.2 Å². The highest BCUT2D eigenvalue weighted by molar-refractivity contribution is 7.08. The van der Waals surface area contributed by atoms with E-state index >= 15 is 0 Å². The van der Waals surface area contributed by atoms with E-state index in [2.05, 4.69) is 69.3 Å². The van der Waals surface area contributed by atoms with Gasteiger partial charge in [0.15, 0.2) is 5.96 Å². The van der Waals surface area contributed by atoms with Crippen molar-refractivity contribution < 1.29 is 9.47 Å². The maximum absolute atomic E-state index is 7.57. The fourth-order valence-corrected chi connectivity index (χ4v) is 5.92. The minimum atomic E-state index is -0.173. The van der Waals surface area contributed by atoms with Crippen molar-refractivity contribution in [3.8, 4) is 34.0 Å². The molecule has 5 aromatic rings. The van der Waals surface area contributed by atoms with Crippen molar-refractivity contribution in [2.45, 2.75) is 19.0 Å². The quantitative estimate of drug-likeness (QED) is 0.169. The Morgan fingerprint density at radius 2 is 1.67 bits per heavy atom. The SMILES string of the molecule is COc1ccc(C(c2ccc(OC)cc2)n2nc(-c3ccsc3)c3c2-c2cc(CNC(=N)N)ccc2C3)cc1. The number of fused-ring (bicyclic) bond motifs is 3. The summed E-state index contributed by atoms with van der Waals surface area (Å²) in [5, 5.41) is 20.1. The molecule has 4 N–H and O–H groups in total. The molecule has 0 amide bonds. The van der Waals surface area contributed by atoms with Gasteiger partial charge in [-0.05, 0) is 64.0 Å². The highest BCUT2D eigenvalue weighted by atomic mass is 32.1. The second-order valence-corrected chi connectivity index (χ2v) is 10.3. The van der Waals surface area contributed by atoms with Crippen molar-refractivity contribution in [1.29, 1.82) is 5.41 Å². The first-order chi connectivity index (χ1) is 19.1. The zero-order valence-corrected chi connectivity index (χ0v) is 22.6. The van der Waals surface area contributed by atoms with Crippen molar-refractivity contribution in [2.24, 2.45) is 5.73 Å². The third kappa shape index (κ3) is 4.64. The zero-order chi connectivity index (χ0) is 26.9. The van der Waals surface area contributed by atoms with Gasteiger partial charge in [0.05, 0.1) is 25.6 Å². The van der Waals surface area contributed by atoms with Crippen LogP contribution in [0.2, 0.25) is 0 Å². The van der Waals surface area contributed by atoms with Crippen LogP contribution >= 0.6 is 11.3 Å². The molecule has 0 spiro atoms. The average molecular weight is 536 g/mol. The highest BCUT2D eigenvalue weighted by Gasteiger charge is 2.32. The van der Waals surface area contributed by atoms with Gasteiger partial charge in [0, 0.05) is 35.0 Å². The number of hydrogen-bond donors (Lipinski definition) is 3. The molecule has 2 heterocycles. The lowest BCUT2D eigenvalue weighted by Crippen LogP contribution is -2.29. The lowest BCUT2D eigenvalue weighted by atomic mass is 9.97. The minimum absolute atomic E-state index is 0.0416. The van der Waals surface area contributed by atoms with Gasteiger partial charge in [0.2, 0.25) is 0 Å². The summed E-state index contributed by atoms with van der Waals surface area (Å²) in [7, 11) is 3.36. The van der Waals surface area contributed by atoms with Gasteiger partial charge < -0.3 is 20.5 Å². The summed E-state index contributed by atoms with van der Waals surface area (Å²) in [6.07, 6.45) is 0.814. The molecule has 196 valence electrons. The van der Waals surface area contributed by atoms with Crippen LogP contribution < -0.4 is 20.5 Å². The van der Waals surface area contributed by atoms with E-state index < -0.39 is 0 Å². The van der Waals surface area contributed by atoms with E-state index in [1.165, 1.54) is 11.1 Å². The number of nitrogens with zero attached hydrogens (tertiary/aromatic N) is 2. The third-order valence-electron chi connectivity index (χ3n) is 7.19. The van der Waals surface area contributed by atoms with E-state index in [0.717, 1.165) is 57.1 Å². The van der Waals surface area contributed by atoms with Gasteiger partial charge in [-0.15, -0.1) is 0 Å². The van der Waals surface area contributed by atoms with Crippen LogP contribution in [0.5, 0.6) is 11.5 Å². The summed E-state index contributed by atoms with van der Waals surface area (Å²) in [5.41, 5.74) is 15.7. The Hall–Kier alpha value is -4.56. The first-order valence-corrected chi connectivity index (χ1v) is 13.6. The molecule has 0 atom stereocenters. The monoisotopic (exact) mass is 535 g/mol. The number of aromatic nitrogens is 2. The zero-order valence-electron chi connectivity index (χ0n) is 21.8. The fraction of sp³-hybridized carbons (Fsp3) is 0.161. The largest absolute Gasteiger partial charge is 0.497 e. The number of benzene rings is 3. The molecule has 0 aliphatic heterocycles. The Labute approximate surface area is 231 Å². The van der Waals surface area contributed by atoms with Gasteiger partial charge in [-0.2, -0.15) is 16.4 Å². The van der Waals surface area contributed by atoms with Crippen LogP contribution in [0.4, 0.5) is 0 Å². The maximum atomic E-state index is 7.57. The van der Waals surface area contributed by atoms with Gasteiger partial charge in [0.1, 0.15) is 17.5 Å². The Morgan fingerprint density at radius 3 is 2.23 bits per heavy atom. The number of nitrogens with two attached hydrogens (primary N) is 1. The van der Waals surface area contributed by atoms with Gasteiger partial charge in [0.25, 0.3) is 0 Å². The number of methoxy groups -OCH3 is 2. The van der Waals surface area contributed by atoms with Crippen molar-refractivity contribution in [3.63, 3.8) is 0 Å². The molecule has 1 aliphatic carbocycles. The van der Waals surface area contributed by atoms with Gasteiger partial charge in [-0.25, -0.2) is 0 Å². The topological polar surface area (TPSA) is 98.2 Å². The standard InChI is InChI=1S/C31H29N5O2S/c1-37-24-9-5-20(6-10-24)29(21-7-11-25(38-2)12-8-21)36-30-26-15-19(17-34-31(32)33)3-4-22(26)16-27(30)28(35-36)23-13-14-39-18-23/h3-15,18,29H,16-17H2,1-2H3,(H4,32,33,34). The van der Waals surface area contributed by atoms with Crippen LogP contribution in [0.3, 0.4) is 0 Å². The van der Waals surface area contributed by atoms with Crippen LogP contribution in [0, 0.1) is 5.41 Å². The average Bonchev–Trinajstić information content (AvgIpc) is 3.70. The van der Waals surface area contributed by atoms with E-state index in [1.807, 2.05) is 24.3 Å². The maximum Gasteiger partial charge on any atom is 0.185 e. The molecule has 3 aromatic carbocycles. The van der Waals surface area contributed by atoms with Gasteiger partial charge in [-0.3, -0.25) is 10.1 Å². The summed E-state index contributed by atoms with van der Waals surface area (Å²) >= 11 is 1.68. The molecule has 2 aromatic heterocycles. The molecule has 0 unspecified atom stereocenters. The third-order valence-corrected chi connectivity index (χ3v) is 7.87. The normalized spacial score (nSPS) is 11.8. The molecule has 1 aliphatic rings. The second kappa shape index (κ2) is 10.3. The molecule has 7 nitrogen and oxygen atoms in total. The molecule has 0 fully saturated rings. The number of guanidine groups is 1. The number of ether oxygens (including phenoxy) is 2. The second-order valence-electron chi connectivity index (χ2n) is 9.52. The predicted octanol–water partition coefficient (Wildman–Crippen LogP) is 5.82. The first-order valence-electron chi connectivity index (χ1n) is 12.7. The van der Waals surface area contributed by atoms with Crippen molar-refractivity contribution in [1.82, 2.24) is 15.1 Å². The van der Waals surface area contributed by atoms with Crippen LogP contribution in [0.1, 0.15) is 33.9 Å². The van der Waals surface area contributed by atoms with Gasteiger partial charge in [-0.1, -0.05) is 36.4 Å². The molecular weight excluding hydrogens is 506 g/mol. The predicted molar refractivity (Wildman–Crippen MR) is 156 cm³/mol. The molecule has 8 heteroatoms. The Bertz CT molecular complexity index is 1580. The summed E-state index contributed by atoms with van der Waals surface area (Å²) in [4.78, 5) is 0. The summed E-state index contributed by atoms with van der Waals surface area (Å²) in [6.45, 7) is 0.490. The molecular formula is C31H29N5O2S. The molecule has 0 saturated carbocycles. The Morgan fingerprint density at radius 1 is 1.00 bits per heavy atom. The van der Waals surface area contributed by atoms with Crippen LogP contribution in [0.15, 0.2) is 83.6 Å². The van der Waals surface area contributed by atoms with Crippen molar-refractivity contribution in [3.05, 3.63) is 111 Å². The summed E-state index contributed by atoms with van der Waals surface area (Å²) in [6, 6.07) is 24.9. The number of rotatable bonds is 8. The molecule has 39 heavy (non-hydrogen) atoms. The summed E-state index contributed by atoms with van der Waals surface area (Å²) in [5.74, 6) is 1.58. The van der Waals surface area contributed by atoms with E-state index in [4.69, 9.17) is 25.7 Å². The van der Waals surface area contributed by atoms with E-state index in [1.54, 1.807) is 25.6 Å². The Balaban J connectivity index is 1.56. The van der Waals surface area contributed by atoms with E-state index in [-0.39, 0.29) is 12.0 Å². The lowest BCUT2D eigenvalue weighted by Gasteiger charge is -2.22. The fourth-order valence-electron chi connectivity index (χ4n) is 5.28. The smallest absolute Gasteiger partial charge is 0.185 e. The highest BCUT2D eigenvalue weighted by Crippen LogP contribution is 2.45. The number of hydrogen-bond acceptors (Lipinski definition) is 5. The van der Waals surface area contributed by atoms with Crippen LogP contribution in [0.25, 0.3) is 22.5 Å². The number of thiophene rings is 1. The summed E-state index contributed by atoms with van der Waals surface area (Å²) < 4.78 is 13.1. The molecule has 0 saturated heterocycles. The van der Waals surface area contributed by atoms with Crippen LogP contribution in [-0.4, -0.2) is 30.0 Å². The molecule has 0 bridgehead atoms. The molecule has 6 rings (SSSR count). The van der Waals surface area contributed by atoms with Crippen molar-refractivity contribution >= 4 is 17.3 Å². The van der Waals surface area contributed by atoms with Crippen LogP contribution in [-0.2, 0) is 13.0 Å². The Kier molecular flexibility index (Phi) is 6.54. The van der Waals surface area contributed by atoms with E-state index in [0.29, 0.717) is 6.54 Å². The lowest BCUT2D eigenvalue weighted by molar-refractivity contribution is 0.414.